The summed E-state index contributed by atoms with van der Waals surface area (Å²) in [5.74, 6) is -1.56. The molecule has 21 heavy (non-hydrogen) atoms. The van der Waals surface area contributed by atoms with E-state index in [1.807, 2.05) is 0 Å². The summed E-state index contributed by atoms with van der Waals surface area (Å²) in [5.41, 5.74) is 0. The third-order valence-electron chi connectivity index (χ3n) is 3.26. The Morgan fingerprint density at radius 1 is 1.10 bits per heavy atom. The van der Waals surface area contributed by atoms with Gasteiger partial charge in [0.2, 0.25) is 5.91 Å². The lowest BCUT2D eigenvalue weighted by atomic mass is 10.1. The number of rotatable bonds is 5. The predicted molar refractivity (Wildman–Crippen MR) is 74.8 cm³/mol. The number of aliphatic carboxylic acids is 1. The smallest absolute Gasteiger partial charge is 0.326 e. The zero-order chi connectivity index (χ0) is 16.0. The highest BCUT2D eigenvalue weighted by molar-refractivity contribution is 5.88. The number of carboxylic acids is 1. The lowest BCUT2D eigenvalue weighted by molar-refractivity contribution is -0.140. The van der Waals surface area contributed by atoms with Gasteiger partial charge in [-0.05, 0) is 12.8 Å². The molecule has 2 atom stereocenters. The standard InChI is InChI=1S/C13H23N3O5/c1-8(2)10(12(18)19)15-13(20)14-9(3)11(17)16-4-6-21-7-5-16/h8-10H,4-7H2,1-3H3,(H,18,19)(H2,14,15,20). The number of urea groups is 1. The molecule has 1 heterocycles. The largest absolute Gasteiger partial charge is 0.480 e. The van der Waals surface area contributed by atoms with Crippen LogP contribution in [0.3, 0.4) is 0 Å². The van der Waals surface area contributed by atoms with Gasteiger partial charge in [-0.25, -0.2) is 9.59 Å². The van der Waals surface area contributed by atoms with Crippen molar-refractivity contribution in [3.63, 3.8) is 0 Å². The number of carboxylic acid groups (broad SMARTS) is 1. The van der Waals surface area contributed by atoms with Crippen LogP contribution in [0.4, 0.5) is 4.79 Å². The number of carbonyl (C=O) groups is 3. The Morgan fingerprint density at radius 3 is 2.14 bits per heavy atom. The zero-order valence-electron chi connectivity index (χ0n) is 12.6. The highest BCUT2D eigenvalue weighted by Crippen LogP contribution is 2.03. The average molecular weight is 301 g/mol. The molecule has 0 aromatic carbocycles. The number of nitrogens with zero attached hydrogens (tertiary/aromatic N) is 1. The van der Waals surface area contributed by atoms with Gasteiger partial charge in [-0.3, -0.25) is 4.79 Å². The van der Waals surface area contributed by atoms with E-state index < -0.39 is 24.1 Å². The van der Waals surface area contributed by atoms with E-state index in [1.54, 1.807) is 25.7 Å². The maximum absolute atomic E-state index is 12.1. The summed E-state index contributed by atoms with van der Waals surface area (Å²) in [6.45, 7) is 6.93. The monoisotopic (exact) mass is 301 g/mol. The van der Waals surface area contributed by atoms with Gasteiger partial charge in [0, 0.05) is 13.1 Å². The molecular weight excluding hydrogens is 278 g/mol. The molecule has 0 radical (unpaired) electrons. The van der Waals surface area contributed by atoms with Crippen molar-refractivity contribution in [1.29, 1.82) is 0 Å². The number of nitrogens with one attached hydrogen (secondary N) is 2. The van der Waals surface area contributed by atoms with E-state index in [1.165, 1.54) is 0 Å². The van der Waals surface area contributed by atoms with E-state index in [0.717, 1.165) is 0 Å². The highest BCUT2D eigenvalue weighted by Gasteiger charge is 2.27. The first kappa shape index (κ1) is 17.2. The normalized spacial score (nSPS) is 18.0. The Labute approximate surface area is 123 Å². The molecule has 1 fully saturated rings. The topological polar surface area (TPSA) is 108 Å². The maximum atomic E-state index is 12.1. The average Bonchev–Trinajstić information content (AvgIpc) is 2.44. The molecule has 0 saturated carbocycles. The summed E-state index contributed by atoms with van der Waals surface area (Å²) in [6.07, 6.45) is 0. The van der Waals surface area contributed by atoms with E-state index in [-0.39, 0.29) is 11.8 Å². The Kier molecular flexibility index (Phi) is 6.41. The van der Waals surface area contributed by atoms with Crippen molar-refractivity contribution in [3.05, 3.63) is 0 Å². The van der Waals surface area contributed by atoms with Crippen LogP contribution in [-0.2, 0) is 14.3 Å². The van der Waals surface area contributed by atoms with Crippen molar-refractivity contribution in [3.8, 4) is 0 Å². The van der Waals surface area contributed by atoms with Crippen molar-refractivity contribution < 1.29 is 24.2 Å². The van der Waals surface area contributed by atoms with Crippen molar-refractivity contribution in [1.82, 2.24) is 15.5 Å². The van der Waals surface area contributed by atoms with Crippen LogP contribution >= 0.6 is 0 Å². The van der Waals surface area contributed by atoms with Gasteiger partial charge in [-0.15, -0.1) is 0 Å². The molecular formula is C13H23N3O5. The van der Waals surface area contributed by atoms with Crippen molar-refractivity contribution in [2.75, 3.05) is 26.3 Å². The van der Waals surface area contributed by atoms with Gasteiger partial charge in [-0.1, -0.05) is 13.8 Å². The van der Waals surface area contributed by atoms with Gasteiger partial charge < -0.3 is 25.4 Å². The molecule has 0 bridgehead atoms. The predicted octanol–water partition coefficient (Wildman–Crippen LogP) is -0.358. The molecule has 8 heteroatoms. The minimum absolute atomic E-state index is 0.204. The van der Waals surface area contributed by atoms with Crippen molar-refractivity contribution in [2.45, 2.75) is 32.9 Å². The number of amides is 3. The zero-order valence-corrected chi connectivity index (χ0v) is 12.6. The molecule has 1 saturated heterocycles. The molecule has 0 aliphatic carbocycles. The van der Waals surface area contributed by atoms with Crippen molar-refractivity contribution >= 4 is 17.9 Å². The van der Waals surface area contributed by atoms with Crippen LogP contribution in [-0.4, -0.2) is 66.3 Å². The fourth-order valence-corrected chi connectivity index (χ4v) is 2.01. The molecule has 1 rings (SSSR count). The number of morpholine rings is 1. The molecule has 120 valence electrons. The number of hydrogen-bond donors (Lipinski definition) is 3. The Hall–Kier alpha value is -1.83. The molecule has 3 amide bonds. The Bertz CT molecular complexity index is 393. The van der Waals surface area contributed by atoms with E-state index in [4.69, 9.17) is 9.84 Å². The van der Waals surface area contributed by atoms with Gasteiger partial charge in [0.1, 0.15) is 12.1 Å². The molecule has 1 aliphatic rings. The molecule has 1 aliphatic heterocycles. The van der Waals surface area contributed by atoms with Crippen LogP contribution in [0, 0.1) is 5.92 Å². The van der Waals surface area contributed by atoms with Crippen LogP contribution in [0.15, 0.2) is 0 Å². The molecule has 0 aromatic heterocycles. The summed E-state index contributed by atoms with van der Waals surface area (Å²) < 4.78 is 5.16. The summed E-state index contributed by atoms with van der Waals surface area (Å²) in [5, 5.41) is 13.8. The number of carbonyl (C=O) groups excluding carboxylic acids is 2. The van der Waals surface area contributed by atoms with Crippen LogP contribution in [0.25, 0.3) is 0 Å². The Balaban J connectivity index is 2.49. The lowest BCUT2D eigenvalue weighted by Crippen LogP contribution is -2.55. The first-order valence-corrected chi connectivity index (χ1v) is 6.99. The molecule has 0 aromatic rings. The Morgan fingerprint density at radius 2 is 1.67 bits per heavy atom. The van der Waals surface area contributed by atoms with Crippen LogP contribution < -0.4 is 10.6 Å². The van der Waals surface area contributed by atoms with Gasteiger partial charge in [0.25, 0.3) is 0 Å². The third-order valence-corrected chi connectivity index (χ3v) is 3.26. The van der Waals surface area contributed by atoms with E-state index >= 15 is 0 Å². The highest BCUT2D eigenvalue weighted by atomic mass is 16.5. The second-order valence-corrected chi connectivity index (χ2v) is 5.34. The summed E-state index contributed by atoms with van der Waals surface area (Å²) in [6, 6.07) is -2.37. The summed E-state index contributed by atoms with van der Waals surface area (Å²) in [4.78, 5) is 36.5. The SMILES string of the molecule is CC(NC(=O)NC(C(=O)O)C(C)C)C(=O)N1CCOCC1. The molecule has 3 N–H and O–H groups in total. The second kappa shape index (κ2) is 7.82. The van der Waals surface area contributed by atoms with Gasteiger partial charge in [0.05, 0.1) is 13.2 Å². The maximum Gasteiger partial charge on any atom is 0.326 e. The van der Waals surface area contributed by atoms with Gasteiger partial charge >= 0.3 is 12.0 Å². The van der Waals surface area contributed by atoms with Crippen LogP contribution in [0.5, 0.6) is 0 Å². The van der Waals surface area contributed by atoms with E-state index in [2.05, 4.69) is 10.6 Å². The quantitative estimate of drug-likeness (QED) is 0.643. The fraction of sp³-hybridized carbons (Fsp3) is 0.769. The van der Waals surface area contributed by atoms with Crippen LogP contribution in [0.2, 0.25) is 0 Å². The second-order valence-electron chi connectivity index (χ2n) is 5.34. The van der Waals surface area contributed by atoms with E-state index in [0.29, 0.717) is 26.3 Å². The molecule has 0 spiro atoms. The minimum atomic E-state index is -1.10. The lowest BCUT2D eigenvalue weighted by Gasteiger charge is -2.29. The number of ether oxygens (including phenoxy) is 1. The molecule has 2 unspecified atom stereocenters. The van der Waals surface area contributed by atoms with Crippen molar-refractivity contribution in [2.24, 2.45) is 5.92 Å². The van der Waals surface area contributed by atoms with Gasteiger partial charge in [0.15, 0.2) is 0 Å². The summed E-state index contributed by atoms with van der Waals surface area (Å²) in [7, 11) is 0. The first-order valence-electron chi connectivity index (χ1n) is 6.99. The van der Waals surface area contributed by atoms with Crippen LogP contribution in [0.1, 0.15) is 20.8 Å². The van der Waals surface area contributed by atoms with E-state index in [9.17, 15) is 14.4 Å². The fourth-order valence-electron chi connectivity index (χ4n) is 2.01. The number of hydrogen-bond acceptors (Lipinski definition) is 4. The summed E-state index contributed by atoms with van der Waals surface area (Å²) >= 11 is 0. The molecule has 8 nitrogen and oxygen atoms in total. The van der Waals surface area contributed by atoms with Gasteiger partial charge in [-0.2, -0.15) is 0 Å². The minimum Gasteiger partial charge on any atom is -0.480 e. The third kappa shape index (κ3) is 5.22. The first-order chi connectivity index (χ1) is 9.82.